The third kappa shape index (κ3) is 3.44. The molecule has 1 aromatic carbocycles. The molecule has 0 radical (unpaired) electrons. The lowest BCUT2D eigenvalue weighted by Crippen LogP contribution is -1.97. The van der Waals surface area contributed by atoms with E-state index in [1.54, 1.807) is 6.20 Å². The van der Waals surface area contributed by atoms with Crippen LogP contribution in [0.15, 0.2) is 53.1 Å². The van der Waals surface area contributed by atoms with Gasteiger partial charge in [-0.15, -0.1) is 0 Å². The van der Waals surface area contributed by atoms with Gasteiger partial charge in [0.05, 0.1) is 4.47 Å². The maximum absolute atomic E-state index is 5.59. The molecule has 92 valence electrons. The second-order valence-corrected chi connectivity index (χ2v) is 4.66. The Morgan fingerprint density at radius 1 is 1.22 bits per heavy atom. The smallest absolute Gasteiger partial charge is 0.228 e. The molecule has 0 unspecified atom stereocenters. The van der Waals surface area contributed by atoms with Gasteiger partial charge in [-0.05, 0) is 46.1 Å². The fraction of sp³-hybridized carbons (Fsp3) is 0.133. The SMILES string of the molecule is Cc1ccnc(OC/C=C/c2ccccc2)c1Br. The van der Waals surface area contributed by atoms with E-state index in [-0.39, 0.29) is 0 Å². The van der Waals surface area contributed by atoms with E-state index in [0.717, 1.165) is 15.6 Å². The number of benzene rings is 1. The number of hydrogen-bond donors (Lipinski definition) is 0. The first-order chi connectivity index (χ1) is 8.77. The zero-order valence-electron chi connectivity index (χ0n) is 10.1. The molecule has 0 aliphatic heterocycles. The number of hydrogen-bond acceptors (Lipinski definition) is 2. The third-order valence-corrected chi connectivity index (χ3v) is 3.44. The minimum atomic E-state index is 0.504. The zero-order chi connectivity index (χ0) is 12.8. The normalized spacial score (nSPS) is 10.8. The summed E-state index contributed by atoms with van der Waals surface area (Å²) in [4.78, 5) is 4.18. The fourth-order valence-corrected chi connectivity index (χ4v) is 1.84. The van der Waals surface area contributed by atoms with Gasteiger partial charge >= 0.3 is 0 Å². The van der Waals surface area contributed by atoms with Crippen molar-refractivity contribution in [3.63, 3.8) is 0 Å². The number of aromatic nitrogens is 1. The van der Waals surface area contributed by atoms with Crippen molar-refractivity contribution >= 4 is 22.0 Å². The maximum Gasteiger partial charge on any atom is 0.228 e. The molecule has 0 saturated heterocycles. The predicted octanol–water partition coefficient (Wildman–Crippen LogP) is 4.24. The van der Waals surface area contributed by atoms with Gasteiger partial charge in [-0.3, -0.25) is 0 Å². The molecule has 18 heavy (non-hydrogen) atoms. The minimum Gasteiger partial charge on any atom is -0.473 e. The van der Waals surface area contributed by atoms with Crippen LogP contribution in [0.3, 0.4) is 0 Å². The first kappa shape index (κ1) is 12.8. The lowest BCUT2D eigenvalue weighted by Gasteiger charge is -2.05. The van der Waals surface area contributed by atoms with Gasteiger partial charge in [0, 0.05) is 6.20 Å². The molecule has 0 fully saturated rings. The largest absolute Gasteiger partial charge is 0.473 e. The zero-order valence-corrected chi connectivity index (χ0v) is 11.7. The van der Waals surface area contributed by atoms with Crippen LogP contribution < -0.4 is 4.74 Å². The lowest BCUT2D eigenvalue weighted by atomic mass is 10.2. The van der Waals surface area contributed by atoms with Crippen molar-refractivity contribution in [2.45, 2.75) is 6.92 Å². The number of pyridine rings is 1. The standard InChI is InChI=1S/C15H14BrNO/c1-12-9-10-17-15(14(12)16)18-11-5-8-13-6-3-2-4-7-13/h2-10H,11H2,1H3/b8-5+. The van der Waals surface area contributed by atoms with Gasteiger partial charge in [-0.2, -0.15) is 0 Å². The Kier molecular flexibility index (Phi) is 4.53. The number of aryl methyl sites for hydroxylation is 1. The predicted molar refractivity (Wildman–Crippen MR) is 77.6 cm³/mol. The van der Waals surface area contributed by atoms with E-state index < -0.39 is 0 Å². The molecule has 0 aliphatic rings. The first-order valence-corrected chi connectivity index (χ1v) is 6.52. The fourth-order valence-electron chi connectivity index (χ4n) is 1.49. The van der Waals surface area contributed by atoms with E-state index in [1.807, 2.05) is 43.3 Å². The topological polar surface area (TPSA) is 22.1 Å². The average molecular weight is 304 g/mol. The number of halogens is 1. The Hall–Kier alpha value is -1.61. The second kappa shape index (κ2) is 6.36. The molecule has 0 spiro atoms. The molecule has 2 nitrogen and oxygen atoms in total. The van der Waals surface area contributed by atoms with Gasteiger partial charge in [0.25, 0.3) is 0 Å². The molecular weight excluding hydrogens is 290 g/mol. The maximum atomic E-state index is 5.59. The minimum absolute atomic E-state index is 0.504. The van der Waals surface area contributed by atoms with Gasteiger partial charge in [0.15, 0.2) is 0 Å². The summed E-state index contributed by atoms with van der Waals surface area (Å²) in [6.45, 7) is 2.52. The molecular formula is C15H14BrNO. The van der Waals surface area contributed by atoms with Gasteiger partial charge in [0.2, 0.25) is 5.88 Å². The monoisotopic (exact) mass is 303 g/mol. The molecule has 0 saturated carbocycles. The van der Waals surface area contributed by atoms with Crippen LogP contribution in [0.4, 0.5) is 0 Å². The Balaban J connectivity index is 1.93. The third-order valence-electron chi connectivity index (χ3n) is 2.48. The van der Waals surface area contributed by atoms with Crippen LogP contribution in [0.5, 0.6) is 5.88 Å². The van der Waals surface area contributed by atoms with Crippen LogP contribution in [-0.4, -0.2) is 11.6 Å². The van der Waals surface area contributed by atoms with E-state index >= 15 is 0 Å². The van der Waals surface area contributed by atoms with Crippen molar-refractivity contribution in [3.05, 3.63) is 64.3 Å². The highest BCUT2D eigenvalue weighted by atomic mass is 79.9. The van der Waals surface area contributed by atoms with Crippen LogP contribution in [-0.2, 0) is 0 Å². The summed E-state index contributed by atoms with van der Waals surface area (Å²) in [6, 6.07) is 12.1. The van der Waals surface area contributed by atoms with Crippen molar-refractivity contribution in [2.24, 2.45) is 0 Å². The van der Waals surface area contributed by atoms with Crippen molar-refractivity contribution in [1.29, 1.82) is 0 Å². The Morgan fingerprint density at radius 2 is 2.00 bits per heavy atom. The van der Waals surface area contributed by atoms with E-state index in [4.69, 9.17) is 4.74 Å². The van der Waals surface area contributed by atoms with Gasteiger partial charge < -0.3 is 4.74 Å². The molecule has 0 N–H and O–H groups in total. The number of nitrogens with zero attached hydrogens (tertiary/aromatic N) is 1. The molecule has 0 amide bonds. The second-order valence-electron chi connectivity index (χ2n) is 3.87. The van der Waals surface area contributed by atoms with Gasteiger partial charge in [-0.1, -0.05) is 36.4 Å². The van der Waals surface area contributed by atoms with Gasteiger partial charge in [-0.25, -0.2) is 4.98 Å². The first-order valence-electron chi connectivity index (χ1n) is 5.73. The highest BCUT2D eigenvalue weighted by Crippen LogP contribution is 2.25. The van der Waals surface area contributed by atoms with Crippen molar-refractivity contribution in [1.82, 2.24) is 4.98 Å². The highest BCUT2D eigenvalue weighted by molar-refractivity contribution is 9.10. The summed E-state index contributed by atoms with van der Waals surface area (Å²) in [6.07, 6.45) is 5.76. The highest BCUT2D eigenvalue weighted by Gasteiger charge is 2.03. The molecule has 0 atom stereocenters. The number of ether oxygens (including phenoxy) is 1. The molecule has 0 bridgehead atoms. The molecule has 0 aliphatic carbocycles. The van der Waals surface area contributed by atoms with Crippen molar-refractivity contribution < 1.29 is 4.74 Å². The Labute approximate surface area is 115 Å². The van der Waals surface area contributed by atoms with E-state index in [1.165, 1.54) is 0 Å². The molecule has 2 rings (SSSR count). The summed E-state index contributed by atoms with van der Waals surface area (Å²) in [7, 11) is 0. The van der Waals surface area contributed by atoms with Crippen molar-refractivity contribution in [3.8, 4) is 5.88 Å². The Bertz CT molecular complexity index is 537. The summed E-state index contributed by atoms with van der Waals surface area (Å²) in [5.41, 5.74) is 2.28. The quantitative estimate of drug-likeness (QED) is 0.842. The van der Waals surface area contributed by atoms with Crippen LogP contribution in [0, 0.1) is 6.92 Å². The van der Waals surface area contributed by atoms with Gasteiger partial charge in [0.1, 0.15) is 6.61 Å². The molecule has 2 aromatic rings. The van der Waals surface area contributed by atoms with Crippen LogP contribution in [0.25, 0.3) is 6.08 Å². The average Bonchev–Trinajstić information content (AvgIpc) is 2.40. The van der Waals surface area contributed by atoms with Crippen molar-refractivity contribution in [2.75, 3.05) is 6.61 Å². The number of rotatable bonds is 4. The summed E-state index contributed by atoms with van der Waals surface area (Å²) in [5, 5.41) is 0. The van der Waals surface area contributed by atoms with E-state index in [2.05, 4.69) is 33.0 Å². The molecule has 1 heterocycles. The van der Waals surface area contributed by atoms with Crippen LogP contribution >= 0.6 is 15.9 Å². The summed E-state index contributed by atoms with van der Waals surface area (Å²) < 4.78 is 6.51. The van der Waals surface area contributed by atoms with Crippen LogP contribution in [0.2, 0.25) is 0 Å². The summed E-state index contributed by atoms with van der Waals surface area (Å²) >= 11 is 3.47. The van der Waals surface area contributed by atoms with E-state index in [0.29, 0.717) is 12.5 Å². The summed E-state index contributed by atoms with van der Waals surface area (Å²) in [5.74, 6) is 0.632. The van der Waals surface area contributed by atoms with Crippen LogP contribution in [0.1, 0.15) is 11.1 Å². The lowest BCUT2D eigenvalue weighted by molar-refractivity contribution is 0.346. The Morgan fingerprint density at radius 3 is 2.78 bits per heavy atom. The molecule has 3 heteroatoms. The molecule has 1 aromatic heterocycles. The van der Waals surface area contributed by atoms with E-state index in [9.17, 15) is 0 Å².